The highest BCUT2D eigenvalue weighted by Crippen LogP contribution is 2.03. The van der Waals surface area contributed by atoms with Crippen molar-refractivity contribution in [2.75, 3.05) is 5.88 Å². The zero-order chi connectivity index (χ0) is 9.26. The summed E-state index contributed by atoms with van der Waals surface area (Å²) in [4.78, 5) is 21.6. The van der Waals surface area contributed by atoms with Gasteiger partial charge in [0.2, 0.25) is 0 Å². The minimum absolute atomic E-state index is 0.224. The summed E-state index contributed by atoms with van der Waals surface area (Å²) in [6.45, 7) is 0.606. The van der Waals surface area contributed by atoms with Gasteiger partial charge in [0.05, 0.1) is 12.7 Å². The van der Waals surface area contributed by atoms with E-state index >= 15 is 0 Å². The van der Waals surface area contributed by atoms with Gasteiger partial charge in [0, 0.05) is 12.4 Å². The minimum Gasteiger partial charge on any atom is -0.314 e. The number of hydrogen-bond acceptors (Lipinski definition) is 3. The maximum absolute atomic E-state index is 11.2. The molecule has 0 unspecified atom stereocenters. The first-order valence-corrected chi connectivity index (χ1v) is 4.31. The van der Waals surface area contributed by atoms with E-state index in [1.165, 1.54) is 6.33 Å². The number of fused-ring (bicyclic) bond motifs is 1. The Bertz CT molecular complexity index is 475. The SMILES string of the molecule is O=c1[nH]cnc2c1ncn2CCCl. The number of rotatable bonds is 2. The molecule has 0 atom stereocenters. The van der Waals surface area contributed by atoms with Crippen LogP contribution in [0.15, 0.2) is 17.4 Å². The predicted molar refractivity (Wildman–Crippen MR) is 48.9 cm³/mol. The Labute approximate surface area is 78.4 Å². The maximum atomic E-state index is 11.2. The van der Waals surface area contributed by atoms with Crippen LogP contribution >= 0.6 is 11.6 Å². The van der Waals surface area contributed by atoms with Crippen LogP contribution in [0.25, 0.3) is 11.2 Å². The molecule has 0 amide bonds. The van der Waals surface area contributed by atoms with Gasteiger partial charge in [-0.2, -0.15) is 0 Å². The summed E-state index contributed by atoms with van der Waals surface area (Å²) in [6.07, 6.45) is 2.92. The van der Waals surface area contributed by atoms with E-state index in [4.69, 9.17) is 11.6 Å². The van der Waals surface area contributed by atoms with Crippen molar-refractivity contribution in [1.82, 2.24) is 19.5 Å². The Morgan fingerprint density at radius 2 is 2.38 bits per heavy atom. The zero-order valence-corrected chi connectivity index (χ0v) is 7.45. The molecule has 68 valence electrons. The Morgan fingerprint density at radius 3 is 3.15 bits per heavy atom. The third kappa shape index (κ3) is 1.31. The van der Waals surface area contributed by atoms with Crippen molar-refractivity contribution >= 4 is 22.8 Å². The van der Waals surface area contributed by atoms with Crippen molar-refractivity contribution in [3.05, 3.63) is 23.0 Å². The van der Waals surface area contributed by atoms with E-state index in [0.29, 0.717) is 23.6 Å². The van der Waals surface area contributed by atoms with Gasteiger partial charge in [-0.25, -0.2) is 9.97 Å². The van der Waals surface area contributed by atoms with Crippen LogP contribution in [-0.4, -0.2) is 25.4 Å². The van der Waals surface area contributed by atoms with Gasteiger partial charge in [-0.05, 0) is 0 Å². The van der Waals surface area contributed by atoms with E-state index < -0.39 is 0 Å². The predicted octanol–water partition coefficient (Wildman–Crippen LogP) is 0.358. The van der Waals surface area contributed by atoms with E-state index in [1.54, 1.807) is 10.9 Å². The molecule has 5 nitrogen and oxygen atoms in total. The lowest BCUT2D eigenvalue weighted by molar-refractivity contribution is 0.782. The van der Waals surface area contributed by atoms with Crippen LogP contribution in [0.5, 0.6) is 0 Å². The second-order valence-electron chi connectivity index (χ2n) is 2.53. The molecule has 2 aromatic heterocycles. The highest BCUT2D eigenvalue weighted by atomic mass is 35.5. The van der Waals surface area contributed by atoms with Gasteiger partial charge in [0.25, 0.3) is 5.56 Å². The number of aromatic amines is 1. The van der Waals surface area contributed by atoms with Crippen LogP contribution in [0.2, 0.25) is 0 Å². The van der Waals surface area contributed by atoms with E-state index in [2.05, 4.69) is 15.0 Å². The minimum atomic E-state index is -0.224. The molecule has 0 saturated heterocycles. The molecule has 0 radical (unpaired) electrons. The van der Waals surface area contributed by atoms with Crippen LogP contribution in [0, 0.1) is 0 Å². The summed E-state index contributed by atoms with van der Waals surface area (Å²) in [7, 11) is 0. The van der Waals surface area contributed by atoms with E-state index in [9.17, 15) is 4.79 Å². The summed E-state index contributed by atoms with van der Waals surface area (Å²) >= 11 is 5.57. The van der Waals surface area contributed by atoms with Gasteiger partial charge in [0.15, 0.2) is 11.2 Å². The second-order valence-corrected chi connectivity index (χ2v) is 2.91. The van der Waals surface area contributed by atoms with Crippen molar-refractivity contribution in [3.8, 4) is 0 Å². The molecule has 6 heteroatoms. The molecule has 0 saturated carbocycles. The van der Waals surface area contributed by atoms with Crippen molar-refractivity contribution in [2.45, 2.75) is 6.54 Å². The van der Waals surface area contributed by atoms with Gasteiger partial charge in [-0.1, -0.05) is 0 Å². The fourth-order valence-electron chi connectivity index (χ4n) is 1.15. The molecule has 1 N–H and O–H groups in total. The Kier molecular flexibility index (Phi) is 2.02. The average molecular weight is 199 g/mol. The number of hydrogen-bond donors (Lipinski definition) is 1. The first-order chi connectivity index (χ1) is 6.33. The van der Waals surface area contributed by atoms with Crippen LogP contribution in [0.4, 0.5) is 0 Å². The van der Waals surface area contributed by atoms with Crippen molar-refractivity contribution in [1.29, 1.82) is 0 Å². The number of nitrogens with zero attached hydrogens (tertiary/aromatic N) is 3. The van der Waals surface area contributed by atoms with Crippen LogP contribution in [0.3, 0.4) is 0 Å². The van der Waals surface area contributed by atoms with E-state index in [1.807, 2.05) is 0 Å². The van der Waals surface area contributed by atoms with E-state index in [-0.39, 0.29) is 5.56 Å². The Morgan fingerprint density at radius 1 is 1.54 bits per heavy atom. The largest absolute Gasteiger partial charge is 0.314 e. The fourth-order valence-corrected chi connectivity index (χ4v) is 1.33. The lowest BCUT2D eigenvalue weighted by Crippen LogP contribution is -2.07. The van der Waals surface area contributed by atoms with Crippen LogP contribution in [0.1, 0.15) is 0 Å². The lowest BCUT2D eigenvalue weighted by Gasteiger charge is -1.97. The number of nitrogens with one attached hydrogen (secondary N) is 1. The van der Waals surface area contributed by atoms with Gasteiger partial charge in [0.1, 0.15) is 0 Å². The van der Waals surface area contributed by atoms with Crippen molar-refractivity contribution in [2.24, 2.45) is 0 Å². The zero-order valence-electron chi connectivity index (χ0n) is 6.70. The van der Waals surface area contributed by atoms with E-state index in [0.717, 1.165) is 0 Å². The lowest BCUT2D eigenvalue weighted by atomic mass is 10.5. The normalized spacial score (nSPS) is 10.8. The maximum Gasteiger partial charge on any atom is 0.278 e. The summed E-state index contributed by atoms with van der Waals surface area (Å²) in [5.41, 5.74) is 0.704. The monoisotopic (exact) mass is 198 g/mol. The molecule has 0 spiro atoms. The molecule has 13 heavy (non-hydrogen) atoms. The van der Waals surface area contributed by atoms with Crippen LogP contribution < -0.4 is 5.56 Å². The molecule has 0 bridgehead atoms. The first-order valence-electron chi connectivity index (χ1n) is 3.77. The summed E-state index contributed by atoms with van der Waals surface area (Å²) in [5.74, 6) is 0.472. The molecule has 0 aliphatic rings. The number of alkyl halides is 1. The van der Waals surface area contributed by atoms with Crippen molar-refractivity contribution in [3.63, 3.8) is 0 Å². The highest BCUT2D eigenvalue weighted by Gasteiger charge is 2.05. The summed E-state index contributed by atoms with van der Waals surface area (Å²) in [5, 5.41) is 0. The van der Waals surface area contributed by atoms with Gasteiger partial charge in [-0.15, -0.1) is 11.6 Å². The molecule has 2 rings (SSSR count). The van der Waals surface area contributed by atoms with Crippen LogP contribution in [-0.2, 0) is 6.54 Å². The number of halogens is 1. The topological polar surface area (TPSA) is 63.6 Å². The molecular formula is C7H7ClN4O. The number of H-pyrrole nitrogens is 1. The average Bonchev–Trinajstić information content (AvgIpc) is 2.51. The van der Waals surface area contributed by atoms with Gasteiger partial charge >= 0.3 is 0 Å². The fraction of sp³-hybridized carbons (Fsp3) is 0.286. The molecule has 0 aliphatic heterocycles. The molecule has 2 aromatic rings. The summed E-state index contributed by atoms with van der Waals surface area (Å²) in [6, 6.07) is 0. The molecule has 2 heterocycles. The Balaban J connectivity index is 2.68. The first kappa shape index (κ1) is 8.25. The molecular weight excluding hydrogens is 192 g/mol. The quantitative estimate of drug-likeness (QED) is 0.709. The summed E-state index contributed by atoms with van der Waals surface area (Å²) < 4.78 is 1.75. The van der Waals surface area contributed by atoms with Gasteiger partial charge in [-0.3, -0.25) is 4.79 Å². The second kappa shape index (κ2) is 3.18. The third-order valence-corrected chi connectivity index (χ3v) is 1.90. The number of aromatic nitrogens is 4. The standard InChI is InChI=1S/C7H7ClN4O/c8-1-2-12-4-11-5-6(12)9-3-10-7(5)13/h3-4H,1-2H2,(H,9,10,13). The number of imidazole rings is 1. The number of aryl methyl sites for hydroxylation is 1. The third-order valence-electron chi connectivity index (χ3n) is 1.73. The Hall–Kier alpha value is -1.36. The highest BCUT2D eigenvalue weighted by molar-refractivity contribution is 6.17. The smallest absolute Gasteiger partial charge is 0.278 e. The van der Waals surface area contributed by atoms with Crippen molar-refractivity contribution < 1.29 is 0 Å². The molecule has 0 aliphatic carbocycles. The van der Waals surface area contributed by atoms with Gasteiger partial charge < -0.3 is 9.55 Å². The molecule has 0 aromatic carbocycles. The molecule has 0 fully saturated rings.